The number of nitrogens with one attached hydrogen (secondary N) is 2. The van der Waals surface area contributed by atoms with Crippen LogP contribution in [0.5, 0.6) is 0 Å². The minimum atomic E-state index is -0.279. The lowest BCUT2D eigenvalue weighted by Gasteiger charge is -2.10. The van der Waals surface area contributed by atoms with Crippen molar-refractivity contribution in [3.8, 4) is 0 Å². The van der Waals surface area contributed by atoms with Crippen LogP contribution in [0.2, 0.25) is 10.0 Å². The average Bonchev–Trinajstić information content (AvgIpc) is 2.90. The Morgan fingerprint density at radius 3 is 2.69 bits per heavy atom. The van der Waals surface area contributed by atoms with Crippen LogP contribution in [0.25, 0.3) is 10.9 Å². The molecular weight excluding hydrogens is 369 g/mol. The zero-order valence-corrected chi connectivity index (χ0v) is 16.5. The van der Waals surface area contributed by atoms with Crippen LogP contribution >= 0.6 is 23.2 Å². The highest BCUT2D eigenvalue weighted by Crippen LogP contribution is 2.28. The second-order valence-corrected chi connectivity index (χ2v) is 7.38. The molecule has 0 aliphatic heterocycles. The molecule has 1 heterocycles. The Balaban J connectivity index is 1.90. The van der Waals surface area contributed by atoms with Crippen LogP contribution in [0.15, 0.2) is 36.4 Å². The monoisotopic (exact) mass is 389 g/mol. The number of aromatic nitrogens is 1. The first kappa shape index (κ1) is 18.8. The van der Waals surface area contributed by atoms with E-state index in [-0.39, 0.29) is 10.9 Å². The molecule has 1 amide bonds. The molecule has 0 saturated carbocycles. The van der Waals surface area contributed by atoms with Crippen LogP contribution in [-0.4, -0.2) is 36.4 Å². The predicted octanol–water partition coefficient (Wildman–Crippen LogP) is 5.14. The number of aromatic amines is 1. The molecule has 0 spiro atoms. The smallest absolute Gasteiger partial charge is 0.257 e. The highest BCUT2D eigenvalue weighted by Gasteiger charge is 2.14. The quantitative estimate of drug-likeness (QED) is 0.634. The van der Waals surface area contributed by atoms with Crippen molar-refractivity contribution in [3.05, 3.63) is 63.3 Å². The summed E-state index contributed by atoms with van der Waals surface area (Å²) < 4.78 is 0. The summed E-state index contributed by atoms with van der Waals surface area (Å²) in [5, 5.41) is 4.66. The number of amides is 1. The first-order valence-electron chi connectivity index (χ1n) is 8.38. The predicted molar refractivity (Wildman–Crippen MR) is 110 cm³/mol. The molecule has 0 aliphatic carbocycles. The fraction of sp³-hybridized carbons (Fsp3) is 0.250. The number of hydrogen-bond acceptors (Lipinski definition) is 2. The van der Waals surface area contributed by atoms with Crippen LogP contribution in [0.4, 0.5) is 5.69 Å². The minimum absolute atomic E-state index is 0.261. The molecule has 26 heavy (non-hydrogen) atoms. The van der Waals surface area contributed by atoms with Gasteiger partial charge in [0.2, 0.25) is 0 Å². The number of aryl methyl sites for hydroxylation is 1. The molecule has 0 saturated heterocycles. The number of rotatable bonds is 5. The Labute approximate surface area is 163 Å². The van der Waals surface area contributed by atoms with Gasteiger partial charge in [0, 0.05) is 28.8 Å². The standard InChI is InChI=1S/C20H21Cl2N3O/c1-12-14(9-10-25(2)3)16-11-13(7-8-18(16)23-12)24-20(26)15-5-4-6-17(21)19(15)22/h4-8,11,23H,9-10H2,1-3H3,(H,24,26). The Morgan fingerprint density at radius 2 is 1.96 bits per heavy atom. The van der Waals surface area contributed by atoms with E-state index in [2.05, 4.69) is 36.2 Å². The molecule has 0 bridgehead atoms. The largest absolute Gasteiger partial charge is 0.358 e. The van der Waals surface area contributed by atoms with Crippen LogP contribution in [0, 0.1) is 6.92 Å². The third-order valence-corrected chi connectivity index (χ3v) is 5.20. The number of anilines is 1. The Morgan fingerprint density at radius 1 is 1.19 bits per heavy atom. The number of fused-ring (bicyclic) bond motifs is 1. The summed E-state index contributed by atoms with van der Waals surface area (Å²) in [5.41, 5.74) is 4.57. The summed E-state index contributed by atoms with van der Waals surface area (Å²) in [7, 11) is 4.12. The molecule has 0 radical (unpaired) electrons. The fourth-order valence-corrected chi connectivity index (χ4v) is 3.38. The van der Waals surface area contributed by atoms with Crippen molar-refractivity contribution in [2.45, 2.75) is 13.3 Å². The maximum atomic E-state index is 12.6. The van der Waals surface area contributed by atoms with E-state index in [1.54, 1.807) is 18.2 Å². The van der Waals surface area contributed by atoms with Crippen molar-refractivity contribution in [2.24, 2.45) is 0 Å². The molecule has 0 atom stereocenters. The summed E-state index contributed by atoms with van der Waals surface area (Å²) in [6.45, 7) is 3.04. The van der Waals surface area contributed by atoms with Crippen molar-refractivity contribution in [3.63, 3.8) is 0 Å². The van der Waals surface area contributed by atoms with E-state index < -0.39 is 0 Å². The van der Waals surface area contributed by atoms with Gasteiger partial charge < -0.3 is 15.2 Å². The molecule has 2 aromatic carbocycles. The molecule has 0 aliphatic rings. The lowest BCUT2D eigenvalue weighted by Crippen LogP contribution is -2.15. The van der Waals surface area contributed by atoms with E-state index in [1.165, 1.54) is 5.56 Å². The molecule has 136 valence electrons. The number of carbonyl (C=O) groups excluding carboxylic acids is 1. The summed E-state index contributed by atoms with van der Waals surface area (Å²) in [6, 6.07) is 10.9. The van der Waals surface area contributed by atoms with Gasteiger partial charge in [-0.05, 0) is 63.3 Å². The van der Waals surface area contributed by atoms with Crippen LogP contribution in [0.3, 0.4) is 0 Å². The SMILES string of the molecule is Cc1[nH]c2ccc(NC(=O)c3cccc(Cl)c3Cl)cc2c1CCN(C)C. The first-order valence-corrected chi connectivity index (χ1v) is 9.13. The van der Waals surface area contributed by atoms with Gasteiger partial charge >= 0.3 is 0 Å². The second kappa shape index (κ2) is 7.70. The number of hydrogen-bond donors (Lipinski definition) is 2. The molecule has 6 heteroatoms. The Kier molecular flexibility index (Phi) is 5.56. The Bertz CT molecular complexity index is 963. The number of H-pyrrole nitrogens is 1. The maximum Gasteiger partial charge on any atom is 0.257 e. The Hall–Kier alpha value is -2.01. The van der Waals surface area contributed by atoms with Gasteiger partial charge in [0.05, 0.1) is 15.6 Å². The van der Waals surface area contributed by atoms with Gasteiger partial charge in [-0.25, -0.2) is 0 Å². The fourth-order valence-electron chi connectivity index (χ4n) is 3.00. The molecule has 1 aromatic heterocycles. The topological polar surface area (TPSA) is 48.1 Å². The summed E-state index contributed by atoms with van der Waals surface area (Å²) in [6.07, 6.45) is 0.941. The lowest BCUT2D eigenvalue weighted by atomic mass is 10.1. The summed E-state index contributed by atoms with van der Waals surface area (Å²) >= 11 is 12.1. The van der Waals surface area contributed by atoms with Gasteiger partial charge in [-0.2, -0.15) is 0 Å². The van der Waals surface area contributed by atoms with Crippen molar-refractivity contribution in [1.29, 1.82) is 0 Å². The van der Waals surface area contributed by atoms with E-state index in [0.717, 1.165) is 35.2 Å². The van der Waals surface area contributed by atoms with Crippen LogP contribution in [-0.2, 0) is 6.42 Å². The molecule has 3 aromatic rings. The zero-order chi connectivity index (χ0) is 18.8. The summed E-state index contributed by atoms with van der Waals surface area (Å²) in [4.78, 5) is 18.1. The highest BCUT2D eigenvalue weighted by molar-refractivity contribution is 6.44. The van der Waals surface area contributed by atoms with Crippen molar-refractivity contribution in [2.75, 3.05) is 26.0 Å². The molecule has 0 fully saturated rings. The van der Waals surface area contributed by atoms with Crippen LogP contribution < -0.4 is 5.32 Å². The highest BCUT2D eigenvalue weighted by atomic mass is 35.5. The molecule has 0 unspecified atom stereocenters. The maximum absolute atomic E-state index is 12.6. The third kappa shape index (κ3) is 3.88. The minimum Gasteiger partial charge on any atom is -0.358 e. The first-order chi connectivity index (χ1) is 12.4. The summed E-state index contributed by atoms with van der Waals surface area (Å²) in [5.74, 6) is -0.279. The lowest BCUT2D eigenvalue weighted by molar-refractivity contribution is 0.102. The molecule has 4 nitrogen and oxygen atoms in total. The van der Waals surface area contributed by atoms with E-state index >= 15 is 0 Å². The number of likely N-dealkylation sites (N-methyl/N-ethyl adjacent to an activating group) is 1. The number of carbonyl (C=O) groups is 1. The van der Waals surface area contributed by atoms with Gasteiger partial charge in [-0.3, -0.25) is 4.79 Å². The number of nitrogens with zero attached hydrogens (tertiary/aromatic N) is 1. The molecule has 3 rings (SSSR count). The molecule has 2 N–H and O–H groups in total. The second-order valence-electron chi connectivity index (χ2n) is 6.60. The van der Waals surface area contributed by atoms with Gasteiger partial charge in [0.15, 0.2) is 0 Å². The van der Waals surface area contributed by atoms with Crippen molar-refractivity contribution >= 4 is 45.7 Å². The number of benzene rings is 2. The van der Waals surface area contributed by atoms with E-state index in [1.807, 2.05) is 18.2 Å². The van der Waals surface area contributed by atoms with Gasteiger partial charge in [0.1, 0.15) is 0 Å². The average molecular weight is 390 g/mol. The van der Waals surface area contributed by atoms with Gasteiger partial charge in [-0.15, -0.1) is 0 Å². The van der Waals surface area contributed by atoms with Gasteiger partial charge in [0.25, 0.3) is 5.91 Å². The number of halogens is 2. The van der Waals surface area contributed by atoms with Crippen molar-refractivity contribution < 1.29 is 4.79 Å². The molecular formula is C20H21Cl2N3O. The van der Waals surface area contributed by atoms with Crippen molar-refractivity contribution in [1.82, 2.24) is 9.88 Å². The van der Waals surface area contributed by atoms with Gasteiger partial charge in [-0.1, -0.05) is 29.3 Å². The van der Waals surface area contributed by atoms with Crippen LogP contribution in [0.1, 0.15) is 21.6 Å². The normalized spacial score (nSPS) is 11.3. The van der Waals surface area contributed by atoms with E-state index in [4.69, 9.17) is 23.2 Å². The third-order valence-electron chi connectivity index (χ3n) is 4.38. The van der Waals surface area contributed by atoms with E-state index in [9.17, 15) is 4.79 Å². The van der Waals surface area contributed by atoms with E-state index in [0.29, 0.717) is 10.6 Å². The zero-order valence-electron chi connectivity index (χ0n) is 15.0.